The van der Waals surface area contributed by atoms with Crippen LogP contribution < -0.4 is 4.74 Å². The van der Waals surface area contributed by atoms with Crippen molar-refractivity contribution in [3.8, 4) is 5.75 Å². The summed E-state index contributed by atoms with van der Waals surface area (Å²) in [5, 5.41) is 10.6. The van der Waals surface area contributed by atoms with E-state index in [0.29, 0.717) is 18.6 Å². The highest BCUT2D eigenvalue weighted by Gasteiger charge is 2.11. The summed E-state index contributed by atoms with van der Waals surface area (Å²) >= 11 is 0. The third-order valence-corrected chi connectivity index (χ3v) is 3.04. The predicted molar refractivity (Wildman–Crippen MR) is 78.7 cm³/mol. The highest BCUT2D eigenvalue weighted by Crippen LogP contribution is 2.23. The lowest BCUT2D eigenvalue weighted by atomic mass is 10.1. The molecule has 2 aromatic carbocycles. The molecule has 2 aromatic rings. The van der Waals surface area contributed by atoms with E-state index in [0.717, 1.165) is 12.8 Å². The van der Waals surface area contributed by atoms with Crippen LogP contribution in [0.1, 0.15) is 22.3 Å². The number of carbonyl (C=O) groups is 1. The fourth-order valence-electron chi connectivity index (χ4n) is 1.98. The van der Waals surface area contributed by atoms with Gasteiger partial charge in [0.05, 0.1) is 17.1 Å². The molecular weight excluding hydrogens is 270 g/mol. The molecule has 108 valence electrons. The molecule has 0 spiro atoms. The number of ether oxygens (including phenoxy) is 1. The molecule has 0 aliphatic rings. The third-order valence-electron chi connectivity index (χ3n) is 3.04. The minimum absolute atomic E-state index is 0.117. The van der Waals surface area contributed by atoms with Crippen LogP contribution in [0.5, 0.6) is 5.75 Å². The number of rotatable bonds is 7. The second-order valence-electron chi connectivity index (χ2n) is 4.53. The molecule has 0 atom stereocenters. The van der Waals surface area contributed by atoms with Gasteiger partial charge in [-0.2, -0.15) is 0 Å². The molecule has 5 heteroatoms. The molecule has 5 nitrogen and oxygen atoms in total. The Balaban J connectivity index is 1.91. The summed E-state index contributed by atoms with van der Waals surface area (Å²) in [6, 6.07) is 14.0. The number of nitro benzene ring substituents is 1. The fourth-order valence-corrected chi connectivity index (χ4v) is 1.98. The summed E-state index contributed by atoms with van der Waals surface area (Å²) in [6.45, 7) is 0.452. The van der Waals surface area contributed by atoms with Crippen LogP contribution in [-0.4, -0.2) is 17.8 Å². The van der Waals surface area contributed by atoms with Crippen molar-refractivity contribution < 1.29 is 14.5 Å². The number of aryl methyl sites for hydroxylation is 1. The highest BCUT2D eigenvalue weighted by atomic mass is 16.6. The number of hydrogen-bond acceptors (Lipinski definition) is 4. The van der Waals surface area contributed by atoms with Crippen LogP contribution in [-0.2, 0) is 6.42 Å². The molecule has 0 saturated heterocycles. The Labute approximate surface area is 122 Å². The van der Waals surface area contributed by atoms with Crippen molar-refractivity contribution in [2.75, 3.05) is 6.61 Å². The Kier molecular flexibility index (Phi) is 5.04. The third kappa shape index (κ3) is 4.14. The summed E-state index contributed by atoms with van der Waals surface area (Å²) in [6.07, 6.45) is 2.25. The van der Waals surface area contributed by atoms with Crippen molar-refractivity contribution in [1.29, 1.82) is 0 Å². The zero-order chi connectivity index (χ0) is 15.1. The molecule has 0 radical (unpaired) electrons. The SMILES string of the molecule is O=Cc1cc([N+](=O)[O-])ccc1OCCCc1ccccc1. The average molecular weight is 285 g/mol. The van der Waals surface area contributed by atoms with Gasteiger partial charge >= 0.3 is 0 Å². The number of carbonyl (C=O) groups excluding carboxylic acids is 1. The number of nitro groups is 1. The Morgan fingerprint density at radius 2 is 1.90 bits per heavy atom. The van der Waals surface area contributed by atoms with Crippen molar-refractivity contribution in [1.82, 2.24) is 0 Å². The van der Waals surface area contributed by atoms with Crippen molar-refractivity contribution in [3.05, 3.63) is 69.8 Å². The van der Waals surface area contributed by atoms with Gasteiger partial charge in [0, 0.05) is 12.1 Å². The molecule has 0 heterocycles. The Hall–Kier alpha value is -2.69. The van der Waals surface area contributed by atoms with Gasteiger partial charge in [0.25, 0.3) is 5.69 Å². The first kappa shape index (κ1) is 14.7. The maximum Gasteiger partial charge on any atom is 0.270 e. The van der Waals surface area contributed by atoms with Gasteiger partial charge in [0.15, 0.2) is 6.29 Å². The molecule has 21 heavy (non-hydrogen) atoms. The van der Waals surface area contributed by atoms with Crippen molar-refractivity contribution in [3.63, 3.8) is 0 Å². The molecule has 0 unspecified atom stereocenters. The standard InChI is InChI=1S/C16H15NO4/c18-12-14-11-15(17(19)20)8-9-16(14)21-10-4-7-13-5-2-1-3-6-13/h1-3,5-6,8-9,11-12H,4,7,10H2. The van der Waals surface area contributed by atoms with E-state index in [1.807, 2.05) is 30.3 Å². The molecule has 0 fully saturated rings. The lowest BCUT2D eigenvalue weighted by Crippen LogP contribution is -2.02. The fraction of sp³-hybridized carbons (Fsp3) is 0.188. The molecule has 0 aliphatic carbocycles. The van der Waals surface area contributed by atoms with Crippen LogP contribution >= 0.6 is 0 Å². The quantitative estimate of drug-likeness (QED) is 0.338. The van der Waals surface area contributed by atoms with E-state index in [1.165, 1.54) is 23.8 Å². The van der Waals surface area contributed by atoms with Gasteiger partial charge in [-0.3, -0.25) is 14.9 Å². The lowest BCUT2D eigenvalue weighted by Gasteiger charge is -2.08. The van der Waals surface area contributed by atoms with E-state index in [4.69, 9.17) is 4.74 Å². The number of hydrogen-bond donors (Lipinski definition) is 0. The van der Waals surface area contributed by atoms with Crippen LogP contribution in [0.2, 0.25) is 0 Å². The van der Waals surface area contributed by atoms with E-state index in [1.54, 1.807) is 0 Å². The monoisotopic (exact) mass is 285 g/mol. The topological polar surface area (TPSA) is 69.4 Å². The number of aldehydes is 1. The van der Waals surface area contributed by atoms with E-state index < -0.39 is 4.92 Å². The van der Waals surface area contributed by atoms with Gasteiger partial charge in [0.1, 0.15) is 5.75 Å². The number of nitrogens with zero attached hydrogens (tertiary/aromatic N) is 1. The molecule has 0 amide bonds. The highest BCUT2D eigenvalue weighted by molar-refractivity contribution is 5.80. The van der Waals surface area contributed by atoms with E-state index in [9.17, 15) is 14.9 Å². The zero-order valence-electron chi connectivity index (χ0n) is 11.4. The normalized spacial score (nSPS) is 10.1. The summed E-state index contributed by atoms with van der Waals surface area (Å²) in [5.41, 5.74) is 1.30. The molecule has 0 aliphatic heterocycles. The summed E-state index contributed by atoms with van der Waals surface area (Å²) in [4.78, 5) is 21.1. The zero-order valence-corrected chi connectivity index (χ0v) is 11.4. The van der Waals surface area contributed by atoms with Crippen LogP contribution in [0.15, 0.2) is 48.5 Å². The molecule has 0 bridgehead atoms. The largest absolute Gasteiger partial charge is 0.493 e. The smallest absolute Gasteiger partial charge is 0.270 e. The van der Waals surface area contributed by atoms with Crippen molar-refractivity contribution in [2.24, 2.45) is 0 Å². The Morgan fingerprint density at radius 3 is 2.57 bits per heavy atom. The lowest BCUT2D eigenvalue weighted by molar-refractivity contribution is -0.384. The molecule has 0 N–H and O–H groups in total. The first-order chi connectivity index (χ1) is 10.2. The summed E-state index contributed by atoms with van der Waals surface area (Å²) in [5.74, 6) is 0.378. The van der Waals surface area contributed by atoms with Crippen LogP contribution in [0.3, 0.4) is 0 Å². The molecule has 2 rings (SSSR count). The summed E-state index contributed by atoms with van der Waals surface area (Å²) < 4.78 is 5.53. The van der Waals surface area contributed by atoms with Crippen molar-refractivity contribution in [2.45, 2.75) is 12.8 Å². The Morgan fingerprint density at radius 1 is 1.14 bits per heavy atom. The van der Waals surface area contributed by atoms with Crippen LogP contribution in [0, 0.1) is 10.1 Å². The van der Waals surface area contributed by atoms with Crippen LogP contribution in [0.25, 0.3) is 0 Å². The average Bonchev–Trinajstić information content (AvgIpc) is 2.52. The Bertz CT molecular complexity index is 625. The minimum atomic E-state index is -0.536. The first-order valence-electron chi connectivity index (χ1n) is 6.61. The van der Waals surface area contributed by atoms with Gasteiger partial charge in [-0.1, -0.05) is 30.3 Å². The number of non-ortho nitro benzene ring substituents is 1. The predicted octanol–water partition coefficient (Wildman–Crippen LogP) is 3.42. The maximum absolute atomic E-state index is 11.0. The van der Waals surface area contributed by atoms with Crippen molar-refractivity contribution >= 4 is 12.0 Å². The second-order valence-corrected chi connectivity index (χ2v) is 4.53. The van der Waals surface area contributed by atoms with E-state index in [-0.39, 0.29) is 11.3 Å². The van der Waals surface area contributed by atoms with E-state index in [2.05, 4.69) is 0 Å². The first-order valence-corrected chi connectivity index (χ1v) is 6.61. The van der Waals surface area contributed by atoms with Gasteiger partial charge in [-0.15, -0.1) is 0 Å². The van der Waals surface area contributed by atoms with Gasteiger partial charge in [0.2, 0.25) is 0 Å². The second kappa shape index (κ2) is 7.19. The molecular formula is C16H15NO4. The minimum Gasteiger partial charge on any atom is -0.493 e. The summed E-state index contributed by atoms with van der Waals surface area (Å²) in [7, 11) is 0. The van der Waals surface area contributed by atoms with Gasteiger partial charge in [-0.05, 0) is 24.5 Å². The van der Waals surface area contributed by atoms with E-state index >= 15 is 0 Å². The van der Waals surface area contributed by atoms with Crippen LogP contribution in [0.4, 0.5) is 5.69 Å². The van der Waals surface area contributed by atoms with Gasteiger partial charge in [-0.25, -0.2) is 0 Å². The van der Waals surface area contributed by atoms with Gasteiger partial charge < -0.3 is 4.74 Å². The maximum atomic E-state index is 11.0. The molecule has 0 aromatic heterocycles. The number of benzene rings is 2. The molecule has 0 saturated carbocycles.